The van der Waals surface area contributed by atoms with Gasteiger partial charge in [0, 0.05) is 45.3 Å². The predicted octanol–water partition coefficient (Wildman–Crippen LogP) is 1.94. The number of nitrogens with two attached hydrogens (primary N) is 1. The van der Waals surface area contributed by atoms with Crippen LogP contribution in [0.1, 0.15) is 25.8 Å². The molecule has 1 aromatic carbocycles. The van der Waals surface area contributed by atoms with Gasteiger partial charge < -0.3 is 15.4 Å². The maximum Gasteiger partial charge on any atom is 0.119 e. The molecule has 2 N–H and O–H groups in total. The van der Waals surface area contributed by atoms with Crippen molar-refractivity contribution in [1.29, 1.82) is 0 Å². The minimum absolute atomic E-state index is 0.586. The molecule has 0 aliphatic carbocycles. The fourth-order valence-electron chi connectivity index (χ4n) is 2.70. The molecule has 4 heteroatoms. The van der Waals surface area contributed by atoms with Gasteiger partial charge >= 0.3 is 0 Å². The molecule has 1 heterocycles. The van der Waals surface area contributed by atoms with E-state index in [1.54, 1.807) is 0 Å². The average Bonchev–Trinajstić information content (AvgIpc) is 2.52. The number of hydrogen-bond donors (Lipinski definition) is 1. The molecule has 1 aromatic rings. The molecule has 0 atom stereocenters. The number of hydrogen-bond acceptors (Lipinski definition) is 4. The van der Waals surface area contributed by atoms with E-state index < -0.39 is 0 Å². The summed E-state index contributed by atoms with van der Waals surface area (Å²) in [4.78, 5) is 5.09. The maximum absolute atomic E-state index is 5.78. The van der Waals surface area contributed by atoms with Gasteiger partial charge in [0.1, 0.15) is 5.75 Å². The standard InChI is InChI=1S/C17H29N3O/c1-15(2)20-11-9-19(10-12-20)8-3-13-21-17-6-4-16(14-18)5-7-17/h4-7,15H,3,8-14,18H2,1-2H3. The lowest BCUT2D eigenvalue weighted by Gasteiger charge is -2.36. The Hall–Kier alpha value is -1.10. The molecule has 0 saturated carbocycles. The van der Waals surface area contributed by atoms with Gasteiger partial charge in [0.2, 0.25) is 0 Å². The van der Waals surface area contributed by atoms with Crippen LogP contribution in [0.3, 0.4) is 0 Å². The zero-order valence-electron chi connectivity index (χ0n) is 13.4. The third-order valence-electron chi connectivity index (χ3n) is 4.18. The number of rotatable bonds is 7. The maximum atomic E-state index is 5.78. The summed E-state index contributed by atoms with van der Waals surface area (Å²) in [5.74, 6) is 0.942. The van der Waals surface area contributed by atoms with Gasteiger partial charge in [-0.25, -0.2) is 0 Å². The van der Waals surface area contributed by atoms with Gasteiger partial charge in [-0.1, -0.05) is 12.1 Å². The van der Waals surface area contributed by atoms with Crippen molar-refractivity contribution in [1.82, 2.24) is 9.80 Å². The number of benzene rings is 1. The van der Waals surface area contributed by atoms with Crippen LogP contribution in [0.25, 0.3) is 0 Å². The second kappa shape index (κ2) is 8.37. The molecule has 1 aliphatic heterocycles. The van der Waals surface area contributed by atoms with Crippen molar-refractivity contribution in [3.05, 3.63) is 29.8 Å². The van der Waals surface area contributed by atoms with Crippen molar-refractivity contribution in [2.45, 2.75) is 32.9 Å². The Balaban J connectivity index is 1.59. The summed E-state index contributed by atoms with van der Waals surface area (Å²) in [6.07, 6.45) is 1.08. The van der Waals surface area contributed by atoms with Crippen molar-refractivity contribution < 1.29 is 4.74 Å². The Labute approximate surface area is 128 Å². The molecule has 0 aromatic heterocycles. The lowest BCUT2D eigenvalue weighted by Crippen LogP contribution is -2.49. The van der Waals surface area contributed by atoms with Crippen LogP contribution in [-0.2, 0) is 6.54 Å². The number of nitrogens with zero attached hydrogens (tertiary/aromatic N) is 2. The summed E-state index contributed by atoms with van der Waals surface area (Å²) in [7, 11) is 0. The third-order valence-corrected chi connectivity index (χ3v) is 4.18. The van der Waals surface area contributed by atoms with E-state index in [1.165, 1.54) is 26.2 Å². The van der Waals surface area contributed by atoms with Gasteiger partial charge in [-0.15, -0.1) is 0 Å². The highest BCUT2D eigenvalue weighted by Crippen LogP contribution is 2.12. The van der Waals surface area contributed by atoms with E-state index in [4.69, 9.17) is 10.5 Å². The molecule has 1 fully saturated rings. The molecule has 0 amide bonds. The summed E-state index contributed by atoms with van der Waals surface area (Å²) in [5, 5.41) is 0. The summed E-state index contributed by atoms with van der Waals surface area (Å²) in [6.45, 7) is 11.8. The van der Waals surface area contributed by atoms with E-state index in [2.05, 4.69) is 23.6 Å². The van der Waals surface area contributed by atoms with Crippen molar-refractivity contribution in [2.75, 3.05) is 39.3 Å². The van der Waals surface area contributed by atoms with Gasteiger partial charge in [0.25, 0.3) is 0 Å². The zero-order chi connectivity index (χ0) is 15.1. The van der Waals surface area contributed by atoms with Crippen LogP contribution in [0.15, 0.2) is 24.3 Å². The second-order valence-corrected chi connectivity index (χ2v) is 6.02. The largest absolute Gasteiger partial charge is 0.494 e. The molecule has 4 nitrogen and oxygen atoms in total. The van der Waals surface area contributed by atoms with E-state index in [0.717, 1.165) is 30.9 Å². The van der Waals surface area contributed by atoms with Crippen molar-refractivity contribution >= 4 is 0 Å². The molecular weight excluding hydrogens is 262 g/mol. The highest BCUT2D eigenvalue weighted by Gasteiger charge is 2.17. The topological polar surface area (TPSA) is 41.7 Å². The molecule has 1 saturated heterocycles. The van der Waals surface area contributed by atoms with Crippen molar-refractivity contribution in [2.24, 2.45) is 5.73 Å². The fourth-order valence-corrected chi connectivity index (χ4v) is 2.70. The van der Waals surface area contributed by atoms with Crippen LogP contribution in [0.5, 0.6) is 5.75 Å². The highest BCUT2D eigenvalue weighted by molar-refractivity contribution is 5.26. The molecular formula is C17H29N3O. The first-order valence-electron chi connectivity index (χ1n) is 8.07. The van der Waals surface area contributed by atoms with E-state index in [-0.39, 0.29) is 0 Å². The normalized spacial score (nSPS) is 17.3. The Morgan fingerprint density at radius 3 is 2.33 bits per heavy atom. The van der Waals surface area contributed by atoms with Gasteiger partial charge in [-0.2, -0.15) is 0 Å². The number of piperazine rings is 1. The van der Waals surface area contributed by atoms with E-state index >= 15 is 0 Å². The Morgan fingerprint density at radius 1 is 1.10 bits per heavy atom. The quantitative estimate of drug-likeness (QED) is 0.780. The van der Waals surface area contributed by atoms with Gasteiger partial charge in [0.05, 0.1) is 6.61 Å². The van der Waals surface area contributed by atoms with E-state index in [0.29, 0.717) is 12.6 Å². The van der Waals surface area contributed by atoms with Gasteiger partial charge in [0.15, 0.2) is 0 Å². The zero-order valence-corrected chi connectivity index (χ0v) is 13.4. The summed E-state index contributed by atoms with van der Waals surface area (Å²) in [6, 6.07) is 8.74. The molecule has 118 valence electrons. The Morgan fingerprint density at radius 2 is 1.76 bits per heavy atom. The predicted molar refractivity (Wildman–Crippen MR) is 87.6 cm³/mol. The first kappa shape index (κ1) is 16.3. The van der Waals surface area contributed by atoms with Crippen LogP contribution in [0, 0.1) is 0 Å². The summed E-state index contributed by atoms with van der Waals surface area (Å²) < 4.78 is 5.78. The molecule has 1 aliphatic rings. The first-order chi connectivity index (χ1) is 10.2. The first-order valence-corrected chi connectivity index (χ1v) is 8.07. The lowest BCUT2D eigenvalue weighted by molar-refractivity contribution is 0.104. The monoisotopic (exact) mass is 291 g/mol. The van der Waals surface area contributed by atoms with E-state index in [9.17, 15) is 0 Å². The minimum atomic E-state index is 0.586. The van der Waals surface area contributed by atoms with Crippen LogP contribution >= 0.6 is 0 Å². The van der Waals surface area contributed by atoms with Crippen LogP contribution < -0.4 is 10.5 Å². The lowest BCUT2D eigenvalue weighted by atomic mass is 10.2. The third kappa shape index (κ3) is 5.30. The van der Waals surface area contributed by atoms with Crippen LogP contribution in [0.4, 0.5) is 0 Å². The van der Waals surface area contributed by atoms with Crippen molar-refractivity contribution in [3.63, 3.8) is 0 Å². The second-order valence-electron chi connectivity index (χ2n) is 6.02. The molecule has 0 unspecified atom stereocenters. The highest BCUT2D eigenvalue weighted by atomic mass is 16.5. The molecule has 2 rings (SSSR count). The Kier molecular flexibility index (Phi) is 6.49. The molecule has 0 radical (unpaired) electrons. The average molecular weight is 291 g/mol. The number of ether oxygens (including phenoxy) is 1. The van der Waals surface area contributed by atoms with Crippen molar-refractivity contribution in [3.8, 4) is 5.75 Å². The minimum Gasteiger partial charge on any atom is -0.494 e. The molecule has 0 bridgehead atoms. The molecule has 21 heavy (non-hydrogen) atoms. The summed E-state index contributed by atoms with van der Waals surface area (Å²) in [5.41, 5.74) is 6.73. The van der Waals surface area contributed by atoms with Crippen LogP contribution in [0.2, 0.25) is 0 Å². The van der Waals surface area contributed by atoms with Gasteiger partial charge in [-0.05, 0) is 38.0 Å². The molecule has 0 spiro atoms. The van der Waals surface area contributed by atoms with Crippen LogP contribution in [-0.4, -0.2) is 55.2 Å². The smallest absolute Gasteiger partial charge is 0.119 e. The van der Waals surface area contributed by atoms with E-state index in [1.807, 2.05) is 24.3 Å². The Bertz CT molecular complexity index is 397. The summed E-state index contributed by atoms with van der Waals surface area (Å²) >= 11 is 0. The fraction of sp³-hybridized carbons (Fsp3) is 0.647. The SMILES string of the molecule is CC(C)N1CCN(CCCOc2ccc(CN)cc2)CC1. The van der Waals surface area contributed by atoms with Gasteiger partial charge in [-0.3, -0.25) is 4.90 Å².